The van der Waals surface area contributed by atoms with Gasteiger partial charge < -0.3 is 5.11 Å². The van der Waals surface area contributed by atoms with Crippen LogP contribution < -0.4 is 0 Å². The van der Waals surface area contributed by atoms with Gasteiger partial charge in [-0.3, -0.25) is 0 Å². The molecule has 0 saturated carbocycles. The van der Waals surface area contributed by atoms with Gasteiger partial charge in [-0.25, -0.2) is 0 Å². The molecule has 1 atom stereocenters. The van der Waals surface area contributed by atoms with Crippen LogP contribution in [0.4, 0.5) is 0 Å². The largest absolute Gasteiger partial charge is 0.384 e. The molecule has 0 heterocycles. The highest BCUT2D eigenvalue weighted by Gasteiger charge is 2.02. The highest BCUT2D eigenvalue weighted by Crippen LogP contribution is 2.14. The zero-order valence-corrected chi connectivity index (χ0v) is 10.9. The Hall–Kier alpha value is -2.30. The Morgan fingerprint density at radius 1 is 1.00 bits per heavy atom. The summed E-state index contributed by atoms with van der Waals surface area (Å²) in [6.07, 6.45) is 1.16. The fourth-order valence-corrected chi connectivity index (χ4v) is 1.72. The Morgan fingerprint density at radius 3 is 2.21 bits per heavy atom. The van der Waals surface area contributed by atoms with E-state index in [1.807, 2.05) is 67.6 Å². The second-order valence-electron chi connectivity index (χ2n) is 4.32. The molecule has 1 N–H and O–H groups in total. The van der Waals surface area contributed by atoms with Gasteiger partial charge in [-0.15, -0.1) is 0 Å². The summed E-state index contributed by atoms with van der Waals surface area (Å²) in [5.41, 5.74) is 2.72. The Bertz CT molecular complexity index is 600. The zero-order chi connectivity index (χ0) is 13.5. The molecule has 0 spiro atoms. The average molecular weight is 248 g/mol. The van der Waals surface area contributed by atoms with E-state index < -0.39 is 6.10 Å². The first-order chi connectivity index (χ1) is 9.25. The SMILES string of the molecule is C/C(C#Cc1ccccc1)=C\C(O)c1ccccc1. The maximum Gasteiger partial charge on any atom is 0.0983 e. The van der Waals surface area contributed by atoms with Crippen LogP contribution in [-0.2, 0) is 0 Å². The number of hydrogen-bond acceptors (Lipinski definition) is 1. The molecule has 0 fully saturated rings. The molecule has 0 aliphatic rings. The van der Waals surface area contributed by atoms with Crippen LogP contribution in [0, 0.1) is 11.8 Å². The fraction of sp³-hybridized carbons (Fsp3) is 0.111. The monoisotopic (exact) mass is 248 g/mol. The molecule has 0 aliphatic carbocycles. The van der Waals surface area contributed by atoms with Crippen LogP contribution in [0.3, 0.4) is 0 Å². The van der Waals surface area contributed by atoms with Crippen LogP contribution >= 0.6 is 0 Å². The summed E-state index contributed by atoms with van der Waals surface area (Å²) >= 11 is 0. The molecule has 0 bridgehead atoms. The number of benzene rings is 2. The van der Waals surface area contributed by atoms with Crippen LogP contribution in [0.2, 0.25) is 0 Å². The molecule has 2 rings (SSSR count). The molecule has 2 aromatic carbocycles. The number of aliphatic hydroxyl groups excluding tert-OH is 1. The van der Waals surface area contributed by atoms with E-state index in [9.17, 15) is 5.11 Å². The summed E-state index contributed by atoms with van der Waals surface area (Å²) in [4.78, 5) is 0. The van der Waals surface area contributed by atoms with Gasteiger partial charge in [0.05, 0.1) is 6.10 Å². The zero-order valence-electron chi connectivity index (χ0n) is 10.9. The minimum absolute atomic E-state index is 0.605. The van der Waals surface area contributed by atoms with Gasteiger partial charge in [0.25, 0.3) is 0 Å². The van der Waals surface area contributed by atoms with Gasteiger partial charge in [-0.05, 0) is 36.3 Å². The highest BCUT2D eigenvalue weighted by atomic mass is 16.3. The van der Waals surface area contributed by atoms with Gasteiger partial charge in [0.15, 0.2) is 0 Å². The summed E-state index contributed by atoms with van der Waals surface area (Å²) in [5, 5.41) is 10.0. The van der Waals surface area contributed by atoms with E-state index in [1.54, 1.807) is 6.08 Å². The third-order valence-electron chi connectivity index (χ3n) is 2.73. The molecular weight excluding hydrogens is 232 g/mol. The fourth-order valence-electron chi connectivity index (χ4n) is 1.72. The smallest absolute Gasteiger partial charge is 0.0983 e. The Labute approximate surface area is 114 Å². The quantitative estimate of drug-likeness (QED) is 0.803. The van der Waals surface area contributed by atoms with Gasteiger partial charge in [0, 0.05) is 5.56 Å². The van der Waals surface area contributed by atoms with Crippen LogP contribution in [0.1, 0.15) is 24.2 Å². The van der Waals surface area contributed by atoms with Crippen molar-refractivity contribution in [3.8, 4) is 11.8 Å². The van der Waals surface area contributed by atoms with Crippen LogP contribution in [0.5, 0.6) is 0 Å². The molecule has 94 valence electrons. The van der Waals surface area contributed by atoms with Crippen LogP contribution in [-0.4, -0.2) is 5.11 Å². The Kier molecular flexibility index (Phi) is 4.55. The van der Waals surface area contributed by atoms with Gasteiger partial charge in [0.2, 0.25) is 0 Å². The lowest BCUT2D eigenvalue weighted by Gasteiger charge is -2.05. The molecule has 0 amide bonds. The Balaban J connectivity index is 2.10. The average Bonchev–Trinajstić information content (AvgIpc) is 2.47. The lowest BCUT2D eigenvalue weighted by atomic mass is 10.1. The molecule has 1 nitrogen and oxygen atoms in total. The standard InChI is InChI=1S/C18H16O/c1-15(12-13-16-8-4-2-5-9-16)14-18(19)17-10-6-3-7-11-17/h2-11,14,18-19H,1H3/b15-14+. The van der Waals surface area contributed by atoms with E-state index >= 15 is 0 Å². The van der Waals surface area contributed by atoms with E-state index in [2.05, 4.69) is 11.8 Å². The molecule has 0 saturated heterocycles. The summed E-state index contributed by atoms with van der Waals surface area (Å²) < 4.78 is 0. The van der Waals surface area contributed by atoms with E-state index in [-0.39, 0.29) is 0 Å². The van der Waals surface area contributed by atoms with Gasteiger partial charge in [-0.1, -0.05) is 60.4 Å². The first kappa shape index (κ1) is 13.1. The molecule has 0 aromatic heterocycles. The molecule has 0 aliphatic heterocycles. The predicted octanol–water partition coefficient (Wildman–Crippen LogP) is 3.72. The third kappa shape index (κ3) is 4.13. The van der Waals surface area contributed by atoms with E-state index in [1.165, 1.54) is 0 Å². The van der Waals surface area contributed by atoms with Gasteiger partial charge in [-0.2, -0.15) is 0 Å². The molecule has 1 heteroatoms. The van der Waals surface area contributed by atoms with Crippen molar-refractivity contribution in [2.75, 3.05) is 0 Å². The van der Waals surface area contributed by atoms with E-state index in [0.29, 0.717) is 0 Å². The summed E-state index contributed by atoms with van der Waals surface area (Å²) in [6.45, 7) is 1.90. The van der Waals surface area contributed by atoms with Crippen molar-refractivity contribution in [2.45, 2.75) is 13.0 Å². The molecule has 0 radical (unpaired) electrons. The first-order valence-electron chi connectivity index (χ1n) is 6.24. The molecular formula is C18H16O. The number of rotatable bonds is 2. The Morgan fingerprint density at radius 2 is 1.58 bits per heavy atom. The summed E-state index contributed by atoms with van der Waals surface area (Å²) in [5.74, 6) is 6.12. The second kappa shape index (κ2) is 6.58. The lowest BCUT2D eigenvalue weighted by Crippen LogP contribution is -1.93. The predicted molar refractivity (Wildman–Crippen MR) is 78.5 cm³/mol. The van der Waals surface area contributed by atoms with Crippen LogP contribution in [0.25, 0.3) is 0 Å². The van der Waals surface area contributed by atoms with Gasteiger partial charge >= 0.3 is 0 Å². The number of aliphatic hydroxyl groups is 1. The first-order valence-corrected chi connectivity index (χ1v) is 6.24. The topological polar surface area (TPSA) is 20.2 Å². The maximum absolute atomic E-state index is 10.0. The van der Waals surface area contributed by atoms with Gasteiger partial charge in [0.1, 0.15) is 0 Å². The minimum Gasteiger partial charge on any atom is -0.384 e. The summed E-state index contributed by atoms with van der Waals surface area (Å²) in [7, 11) is 0. The van der Waals surface area contributed by atoms with Crippen molar-refractivity contribution in [3.63, 3.8) is 0 Å². The van der Waals surface area contributed by atoms with Crippen LogP contribution in [0.15, 0.2) is 72.3 Å². The molecule has 19 heavy (non-hydrogen) atoms. The molecule has 2 aromatic rings. The van der Waals surface area contributed by atoms with Crippen molar-refractivity contribution in [1.82, 2.24) is 0 Å². The number of allylic oxidation sites excluding steroid dienone is 1. The normalized spacial score (nSPS) is 12.4. The third-order valence-corrected chi connectivity index (χ3v) is 2.73. The molecule has 1 unspecified atom stereocenters. The maximum atomic E-state index is 10.0. The van der Waals surface area contributed by atoms with Crippen molar-refractivity contribution in [1.29, 1.82) is 0 Å². The van der Waals surface area contributed by atoms with E-state index in [0.717, 1.165) is 16.7 Å². The second-order valence-corrected chi connectivity index (χ2v) is 4.32. The lowest BCUT2D eigenvalue weighted by molar-refractivity contribution is 0.228. The highest BCUT2D eigenvalue weighted by molar-refractivity contribution is 5.40. The van der Waals surface area contributed by atoms with Crippen molar-refractivity contribution >= 4 is 0 Å². The van der Waals surface area contributed by atoms with E-state index in [4.69, 9.17) is 0 Å². The van der Waals surface area contributed by atoms with Crippen molar-refractivity contribution in [2.24, 2.45) is 0 Å². The summed E-state index contributed by atoms with van der Waals surface area (Å²) in [6, 6.07) is 19.4. The van der Waals surface area contributed by atoms with Crippen molar-refractivity contribution in [3.05, 3.63) is 83.4 Å². The number of hydrogen-bond donors (Lipinski definition) is 1. The minimum atomic E-state index is -0.605. The van der Waals surface area contributed by atoms with Crippen molar-refractivity contribution < 1.29 is 5.11 Å².